The normalized spacial score (nSPS) is 11.1. The van der Waals surface area contributed by atoms with E-state index in [4.69, 9.17) is 5.11 Å². The van der Waals surface area contributed by atoms with Gasteiger partial charge in [-0.15, -0.1) is 10.2 Å². The Morgan fingerprint density at radius 2 is 2.20 bits per heavy atom. The van der Waals surface area contributed by atoms with Crippen molar-refractivity contribution < 1.29 is 9.90 Å². The molecule has 1 N–H and O–H groups in total. The molecule has 0 atom stereocenters. The third-order valence-electron chi connectivity index (χ3n) is 2.62. The fourth-order valence-corrected chi connectivity index (χ4v) is 3.67. The molecule has 0 aromatic carbocycles. The maximum atomic E-state index is 11.0. The molecule has 20 heavy (non-hydrogen) atoms. The maximum absolute atomic E-state index is 11.0. The fraction of sp³-hybridized carbons (Fsp3) is 0.182. The molecule has 3 heterocycles. The minimum atomic E-state index is -0.962. The molecular weight excluding hydrogens is 298 g/mol. The van der Waals surface area contributed by atoms with E-state index in [1.807, 2.05) is 11.3 Å². The van der Waals surface area contributed by atoms with Gasteiger partial charge in [0.25, 0.3) is 0 Å². The second-order valence-electron chi connectivity index (χ2n) is 3.97. The molecule has 102 valence electrons. The molecule has 0 unspecified atom stereocenters. The first-order chi connectivity index (χ1) is 9.56. The van der Waals surface area contributed by atoms with Crippen LogP contribution in [0.5, 0.6) is 0 Å². The van der Waals surface area contributed by atoms with Crippen molar-refractivity contribution in [1.82, 2.24) is 24.6 Å². The van der Waals surface area contributed by atoms with E-state index in [0.717, 1.165) is 17.2 Å². The standard InChI is InChI=1S/C11H9N5O2S2/c1-5-7(10(17)18)19-11(13-5)20-9-8-15-14-6(2)16(8)4-3-12-9/h3-4H,1-2H3,(H,17,18). The van der Waals surface area contributed by atoms with Gasteiger partial charge in [0.15, 0.2) is 9.99 Å². The zero-order valence-electron chi connectivity index (χ0n) is 10.6. The maximum Gasteiger partial charge on any atom is 0.347 e. The van der Waals surface area contributed by atoms with E-state index in [1.54, 1.807) is 19.3 Å². The topological polar surface area (TPSA) is 93.3 Å². The van der Waals surface area contributed by atoms with E-state index >= 15 is 0 Å². The van der Waals surface area contributed by atoms with Gasteiger partial charge in [-0.2, -0.15) is 0 Å². The molecule has 3 aromatic heterocycles. The summed E-state index contributed by atoms with van der Waals surface area (Å²) >= 11 is 2.43. The van der Waals surface area contributed by atoms with Crippen molar-refractivity contribution in [3.63, 3.8) is 0 Å². The largest absolute Gasteiger partial charge is 0.477 e. The first-order valence-corrected chi connectivity index (χ1v) is 7.24. The minimum Gasteiger partial charge on any atom is -0.477 e. The Balaban J connectivity index is 2.01. The van der Waals surface area contributed by atoms with E-state index < -0.39 is 5.97 Å². The van der Waals surface area contributed by atoms with Gasteiger partial charge in [0.05, 0.1) is 5.69 Å². The van der Waals surface area contributed by atoms with E-state index in [9.17, 15) is 4.79 Å². The van der Waals surface area contributed by atoms with Gasteiger partial charge in [-0.1, -0.05) is 11.3 Å². The number of aryl methyl sites for hydroxylation is 2. The summed E-state index contributed by atoms with van der Waals surface area (Å²) in [6, 6.07) is 0. The zero-order valence-corrected chi connectivity index (χ0v) is 12.2. The lowest BCUT2D eigenvalue weighted by Crippen LogP contribution is -1.94. The molecule has 0 spiro atoms. The molecule has 0 radical (unpaired) electrons. The molecule has 0 aliphatic rings. The highest BCUT2D eigenvalue weighted by Gasteiger charge is 2.17. The molecule has 0 saturated carbocycles. The molecule has 3 aromatic rings. The van der Waals surface area contributed by atoms with E-state index in [2.05, 4.69) is 20.2 Å². The first kappa shape index (κ1) is 13.0. The molecule has 0 saturated heterocycles. The monoisotopic (exact) mass is 307 g/mol. The average Bonchev–Trinajstić information content (AvgIpc) is 2.95. The predicted octanol–water partition coefficient (Wildman–Crippen LogP) is 2.05. The van der Waals surface area contributed by atoms with Crippen molar-refractivity contribution in [1.29, 1.82) is 0 Å². The Morgan fingerprint density at radius 3 is 2.90 bits per heavy atom. The van der Waals surface area contributed by atoms with Crippen molar-refractivity contribution in [3.8, 4) is 0 Å². The van der Waals surface area contributed by atoms with Crippen LogP contribution >= 0.6 is 23.1 Å². The van der Waals surface area contributed by atoms with Gasteiger partial charge in [0, 0.05) is 12.4 Å². The molecule has 0 aliphatic carbocycles. The summed E-state index contributed by atoms with van der Waals surface area (Å²) in [6.07, 6.45) is 3.44. The molecule has 9 heteroatoms. The van der Waals surface area contributed by atoms with Crippen molar-refractivity contribution >= 4 is 34.7 Å². The summed E-state index contributed by atoms with van der Waals surface area (Å²) in [4.78, 5) is 19.8. The minimum absolute atomic E-state index is 0.247. The highest BCUT2D eigenvalue weighted by molar-refractivity contribution is 8.01. The van der Waals surface area contributed by atoms with Gasteiger partial charge in [-0.25, -0.2) is 14.8 Å². The Morgan fingerprint density at radius 1 is 1.40 bits per heavy atom. The smallest absolute Gasteiger partial charge is 0.347 e. The summed E-state index contributed by atoms with van der Waals surface area (Å²) in [7, 11) is 0. The molecule has 0 fully saturated rings. The lowest BCUT2D eigenvalue weighted by atomic mass is 10.4. The summed E-state index contributed by atoms with van der Waals surface area (Å²) in [5.74, 6) is -0.192. The third-order valence-corrected chi connectivity index (χ3v) is 4.81. The number of hydrogen-bond acceptors (Lipinski definition) is 7. The Bertz CT molecular complexity index is 810. The Labute approximate surface area is 121 Å². The molecule has 7 nitrogen and oxygen atoms in total. The van der Waals surface area contributed by atoms with Crippen LogP contribution in [0.2, 0.25) is 0 Å². The second-order valence-corrected chi connectivity index (χ2v) is 6.21. The summed E-state index contributed by atoms with van der Waals surface area (Å²) in [5.41, 5.74) is 1.15. The highest BCUT2D eigenvalue weighted by Crippen LogP contribution is 2.33. The average molecular weight is 307 g/mol. The van der Waals surface area contributed by atoms with E-state index in [0.29, 0.717) is 20.7 Å². The number of thiazole rings is 1. The summed E-state index contributed by atoms with van der Waals surface area (Å²) in [6.45, 7) is 3.53. The van der Waals surface area contributed by atoms with Gasteiger partial charge in [0.2, 0.25) is 0 Å². The number of fused-ring (bicyclic) bond motifs is 1. The number of nitrogens with zero attached hydrogens (tertiary/aromatic N) is 5. The first-order valence-electron chi connectivity index (χ1n) is 5.61. The van der Waals surface area contributed by atoms with Gasteiger partial charge in [-0.3, -0.25) is 4.40 Å². The number of carbonyl (C=O) groups is 1. The Kier molecular flexibility index (Phi) is 3.14. The quantitative estimate of drug-likeness (QED) is 0.791. The number of aromatic nitrogens is 5. The molecule has 0 aliphatic heterocycles. The van der Waals surface area contributed by atoms with Crippen LogP contribution in [-0.4, -0.2) is 35.6 Å². The molecule has 0 bridgehead atoms. The van der Waals surface area contributed by atoms with Crippen LogP contribution in [-0.2, 0) is 0 Å². The molecule has 3 rings (SSSR count). The van der Waals surface area contributed by atoms with Crippen LogP contribution < -0.4 is 0 Å². The van der Waals surface area contributed by atoms with Crippen molar-refractivity contribution in [2.24, 2.45) is 0 Å². The van der Waals surface area contributed by atoms with Crippen molar-refractivity contribution in [2.75, 3.05) is 0 Å². The summed E-state index contributed by atoms with van der Waals surface area (Å²) in [5, 5.41) is 17.8. The van der Waals surface area contributed by atoms with Crippen LogP contribution in [0, 0.1) is 13.8 Å². The van der Waals surface area contributed by atoms with Crippen LogP contribution in [0.4, 0.5) is 0 Å². The van der Waals surface area contributed by atoms with Crippen molar-refractivity contribution in [3.05, 3.63) is 28.8 Å². The number of aromatic carboxylic acids is 1. The number of hydrogen-bond donors (Lipinski definition) is 1. The SMILES string of the molecule is Cc1nc(Sc2nccn3c(C)nnc23)sc1C(=O)O. The zero-order chi connectivity index (χ0) is 14.3. The van der Waals surface area contributed by atoms with Crippen molar-refractivity contribution in [2.45, 2.75) is 23.2 Å². The third kappa shape index (κ3) is 2.14. The van der Waals surface area contributed by atoms with Crippen LogP contribution in [0.1, 0.15) is 21.2 Å². The van der Waals surface area contributed by atoms with Gasteiger partial charge in [0.1, 0.15) is 15.7 Å². The van der Waals surface area contributed by atoms with Crippen LogP contribution in [0.15, 0.2) is 21.8 Å². The fourth-order valence-electron chi connectivity index (χ4n) is 1.69. The van der Waals surface area contributed by atoms with E-state index in [1.165, 1.54) is 11.8 Å². The number of rotatable bonds is 3. The van der Waals surface area contributed by atoms with Gasteiger partial charge >= 0.3 is 5.97 Å². The number of carboxylic acid groups (broad SMARTS) is 1. The summed E-state index contributed by atoms with van der Waals surface area (Å²) < 4.78 is 2.45. The van der Waals surface area contributed by atoms with Gasteiger partial charge < -0.3 is 5.11 Å². The highest BCUT2D eigenvalue weighted by atomic mass is 32.2. The molecule has 0 amide bonds. The van der Waals surface area contributed by atoms with Crippen LogP contribution in [0.25, 0.3) is 5.65 Å². The second kappa shape index (κ2) is 4.84. The predicted molar refractivity (Wildman–Crippen MR) is 73.5 cm³/mol. The lowest BCUT2D eigenvalue weighted by Gasteiger charge is -1.99. The van der Waals surface area contributed by atoms with Gasteiger partial charge in [-0.05, 0) is 25.6 Å². The molecular formula is C11H9N5O2S2. The van der Waals surface area contributed by atoms with E-state index in [-0.39, 0.29) is 4.88 Å². The lowest BCUT2D eigenvalue weighted by molar-refractivity contribution is 0.0701. The Hall–Kier alpha value is -2.00. The van der Waals surface area contributed by atoms with Crippen LogP contribution in [0.3, 0.4) is 0 Å². The number of carboxylic acids is 1.